The Labute approximate surface area is 170 Å². The zero-order valence-electron chi connectivity index (χ0n) is 16.1. The lowest BCUT2D eigenvalue weighted by molar-refractivity contribution is -0.137. The van der Waals surface area contributed by atoms with E-state index >= 15 is 0 Å². The molecule has 0 aromatic heterocycles. The molecule has 28 heavy (non-hydrogen) atoms. The Balaban J connectivity index is 1.71. The van der Waals surface area contributed by atoms with Crippen molar-refractivity contribution in [3.63, 3.8) is 0 Å². The molecule has 0 saturated heterocycles. The van der Waals surface area contributed by atoms with E-state index in [0.717, 1.165) is 43.2 Å². The molecule has 6 nitrogen and oxygen atoms in total. The SMILES string of the molecule is C[C@]12CC[C@@H]3c4cc(N[C@@H](CS)C(=O)O)c(O)c(O)c4CC[C@H]3[C@@H]1CCC2O. The number of benzene rings is 1. The number of aromatic hydroxyl groups is 2. The molecule has 1 aromatic rings. The first-order valence-electron chi connectivity index (χ1n) is 10.1. The van der Waals surface area contributed by atoms with Gasteiger partial charge in [0.15, 0.2) is 11.5 Å². The summed E-state index contributed by atoms with van der Waals surface area (Å²) < 4.78 is 0. The minimum atomic E-state index is -1.06. The molecule has 3 aliphatic rings. The van der Waals surface area contributed by atoms with Crippen molar-refractivity contribution in [2.24, 2.45) is 17.3 Å². The smallest absolute Gasteiger partial charge is 0.326 e. The maximum atomic E-state index is 11.4. The molecule has 2 fully saturated rings. The first-order valence-corrected chi connectivity index (χ1v) is 10.8. The van der Waals surface area contributed by atoms with Crippen molar-refractivity contribution in [2.75, 3.05) is 11.1 Å². The largest absolute Gasteiger partial charge is 0.504 e. The second kappa shape index (κ2) is 7.02. The van der Waals surface area contributed by atoms with Crippen molar-refractivity contribution in [1.29, 1.82) is 0 Å². The number of phenolic OH excluding ortho intramolecular Hbond substituents is 2. The van der Waals surface area contributed by atoms with Crippen molar-refractivity contribution in [2.45, 2.75) is 63.5 Å². The molecule has 0 radical (unpaired) electrons. The number of carboxylic acid groups (broad SMARTS) is 1. The highest BCUT2D eigenvalue weighted by atomic mass is 32.1. The molecular weight excluding hydrogens is 378 g/mol. The van der Waals surface area contributed by atoms with Crippen LogP contribution in [-0.2, 0) is 11.2 Å². The zero-order valence-corrected chi connectivity index (χ0v) is 17.0. The monoisotopic (exact) mass is 407 g/mol. The van der Waals surface area contributed by atoms with Gasteiger partial charge in [-0.1, -0.05) is 6.92 Å². The van der Waals surface area contributed by atoms with Gasteiger partial charge in [-0.25, -0.2) is 4.79 Å². The number of carboxylic acids is 1. The first kappa shape index (κ1) is 19.7. The van der Waals surface area contributed by atoms with E-state index in [4.69, 9.17) is 0 Å². The molecule has 1 aromatic carbocycles. The van der Waals surface area contributed by atoms with Gasteiger partial charge in [0, 0.05) is 11.3 Å². The Bertz CT molecular complexity index is 799. The fourth-order valence-corrected chi connectivity index (χ4v) is 6.40. The Morgan fingerprint density at radius 2 is 2.04 bits per heavy atom. The average Bonchev–Trinajstić information content (AvgIpc) is 2.97. The molecular formula is C21H29NO5S. The summed E-state index contributed by atoms with van der Waals surface area (Å²) in [5.41, 5.74) is 2.02. The lowest BCUT2D eigenvalue weighted by Crippen LogP contribution is -2.44. The number of thiol groups is 1. The summed E-state index contributed by atoms with van der Waals surface area (Å²) in [5.74, 6) is -0.247. The summed E-state index contributed by atoms with van der Waals surface area (Å²) in [6.07, 6.45) is 5.15. The Hall–Kier alpha value is -1.60. The minimum Gasteiger partial charge on any atom is -0.504 e. The van der Waals surface area contributed by atoms with Crippen molar-refractivity contribution >= 4 is 24.3 Å². The maximum Gasteiger partial charge on any atom is 0.326 e. The fraction of sp³-hybridized carbons (Fsp3) is 0.667. The van der Waals surface area contributed by atoms with Crippen LogP contribution in [0.15, 0.2) is 6.07 Å². The summed E-state index contributed by atoms with van der Waals surface area (Å²) in [5, 5.41) is 43.7. The molecule has 0 bridgehead atoms. The summed E-state index contributed by atoms with van der Waals surface area (Å²) >= 11 is 4.07. The third-order valence-electron chi connectivity index (χ3n) is 7.74. The van der Waals surface area contributed by atoms with Crippen molar-refractivity contribution in [1.82, 2.24) is 0 Å². The van der Waals surface area contributed by atoms with Gasteiger partial charge in [0.1, 0.15) is 6.04 Å². The molecule has 1 unspecified atom stereocenters. The highest BCUT2D eigenvalue weighted by Gasteiger charge is 2.54. The number of rotatable bonds is 4. The number of nitrogens with one attached hydrogen (secondary N) is 1. The molecule has 154 valence electrons. The van der Waals surface area contributed by atoms with Crippen LogP contribution in [0.5, 0.6) is 11.5 Å². The molecule has 0 amide bonds. The van der Waals surface area contributed by atoms with Crippen LogP contribution in [-0.4, -0.2) is 44.3 Å². The van der Waals surface area contributed by atoms with E-state index in [9.17, 15) is 25.2 Å². The summed E-state index contributed by atoms with van der Waals surface area (Å²) in [4.78, 5) is 11.4. The van der Waals surface area contributed by atoms with Crippen LogP contribution in [0.3, 0.4) is 0 Å². The minimum absolute atomic E-state index is 0.0286. The van der Waals surface area contributed by atoms with Gasteiger partial charge < -0.3 is 25.7 Å². The van der Waals surface area contributed by atoms with Crippen LogP contribution in [0.1, 0.15) is 56.1 Å². The van der Waals surface area contributed by atoms with Crippen LogP contribution in [0.25, 0.3) is 0 Å². The fourth-order valence-electron chi connectivity index (χ4n) is 6.15. The molecule has 0 aliphatic heterocycles. The van der Waals surface area contributed by atoms with E-state index in [2.05, 4.69) is 24.9 Å². The second-order valence-electron chi connectivity index (χ2n) is 8.96. The third kappa shape index (κ3) is 2.86. The standard InChI is InChI=1S/C21H29NO5S/c1-21-7-6-10-11(14(21)4-5-17(21)23)2-3-12-13(10)8-15(19(25)18(12)24)22-16(9-28)20(26)27/h8,10-11,14,16-17,22-25,28H,2-7,9H2,1H3,(H,26,27)/t10-,11+,14-,16-,17?,21-/m0/s1. The maximum absolute atomic E-state index is 11.4. The van der Waals surface area contributed by atoms with Crippen LogP contribution in [0, 0.1) is 17.3 Å². The zero-order chi connectivity index (χ0) is 20.2. The number of aliphatic carboxylic acids is 1. The van der Waals surface area contributed by atoms with Gasteiger partial charge in [-0.15, -0.1) is 0 Å². The van der Waals surface area contributed by atoms with E-state index in [1.54, 1.807) is 0 Å². The summed E-state index contributed by atoms with van der Waals surface area (Å²) in [6, 6.07) is 0.875. The molecule has 0 spiro atoms. The molecule has 2 saturated carbocycles. The molecule has 6 atom stereocenters. The normalized spacial score (nSPS) is 34.8. The molecule has 5 N–H and O–H groups in total. The highest BCUT2D eigenvalue weighted by Crippen LogP contribution is 2.62. The van der Waals surface area contributed by atoms with Gasteiger partial charge in [0.05, 0.1) is 11.8 Å². The first-order chi connectivity index (χ1) is 13.3. The van der Waals surface area contributed by atoms with E-state index in [1.807, 2.05) is 6.07 Å². The lowest BCUT2D eigenvalue weighted by Gasteiger charge is -2.50. The number of carbonyl (C=O) groups is 1. The van der Waals surface area contributed by atoms with Crippen LogP contribution >= 0.6 is 12.6 Å². The van der Waals surface area contributed by atoms with Crippen molar-refractivity contribution in [3.8, 4) is 11.5 Å². The van der Waals surface area contributed by atoms with E-state index in [-0.39, 0.29) is 40.4 Å². The molecule has 0 heterocycles. The van der Waals surface area contributed by atoms with Gasteiger partial charge in [-0.05, 0) is 73.3 Å². The van der Waals surface area contributed by atoms with Gasteiger partial charge >= 0.3 is 5.97 Å². The quantitative estimate of drug-likeness (QED) is 0.338. The predicted octanol–water partition coefficient (Wildman–Crippen LogP) is 3.11. The van der Waals surface area contributed by atoms with E-state index < -0.39 is 12.0 Å². The predicted molar refractivity (Wildman–Crippen MR) is 109 cm³/mol. The highest BCUT2D eigenvalue weighted by molar-refractivity contribution is 7.80. The Kier molecular flexibility index (Phi) is 4.94. The van der Waals surface area contributed by atoms with Crippen LogP contribution < -0.4 is 5.32 Å². The average molecular weight is 408 g/mol. The number of aliphatic hydroxyl groups excluding tert-OH is 1. The molecule has 3 aliphatic carbocycles. The summed E-state index contributed by atoms with van der Waals surface area (Å²) in [7, 11) is 0. The molecule has 7 heteroatoms. The van der Waals surface area contributed by atoms with Crippen LogP contribution in [0.4, 0.5) is 5.69 Å². The topological polar surface area (TPSA) is 110 Å². The number of phenols is 2. The lowest BCUT2D eigenvalue weighted by atomic mass is 9.55. The summed E-state index contributed by atoms with van der Waals surface area (Å²) in [6.45, 7) is 2.21. The van der Waals surface area contributed by atoms with Gasteiger partial charge in [0.25, 0.3) is 0 Å². The molecule has 4 rings (SSSR count). The van der Waals surface area contributed by atoms with Gasteiger partial charge in [0.2, 0.25) is 0 Å². The van der Waals surface area contributed by atoms with Gasteiger partial charge in [-0.2, -0.15) is 12.6 Å². The Morgan fingerprint density at radius 1 is 1.29 bits per heavy atom. The van der Waals surface area contributed by atoms with Gasteiger partial charge in [-0.3, -0.25) is 0 Å². The Morgan fingerprint density at radius 3 is 2.71 bits per heavy atom. The van der Waals surface area contributed by atoms with E-state index in [1.165, 1.54) is 0 Å². The van der Waals surface area contributed by atoms with Crippen molar-refractivity contribution < 1.29 is 25.2 Å². The number of hydrogen-bond donors (Lipinski definition) is 6. The number of hydrogen-bond acceptors (Lipinski definition) is 6. The van der Waals surface area contributed by atoms with E-state index in [0.29, 0.717) is 18.3 Å². The number of anilines is 1. The third-order valence-corrected chi connectivity index (χ3v) is 8.10. The second-order valence-corrected chi connectivity index (χ2v) is 9.33. The van der Waals surface area contributed by atoms with Crippen LogP contribution in [0.2, 0.25) is 0 Å². The number of aliphatic hydroxyl groups is 1. The number of fused-ring (bicyclic) bond motifs is 5. The van der Waals surface area contributed by atoms with Crippen molar-refractivity contribution in [3.05, 3.63) is 17.2 Å².